The van der Waals surface area contributed by atoms with Crippen LogP contribution in [0.1, 0.15) is 109 Å². The van der Waals surface area contributed by atoms with Crippen LogP contribution in [0.5, 0.6) is 0 Å². The van der Waals surface area contributed by atoms with Crippen LogP contribution in [-0.2, 0) is 16.7 Å². The van der Waals surface area contributed by atoms with E-state index in [4.69, 9.17) is 0 Å². The van der Waals surface area contributed by atoms with Crippen molar-refractivity contribution in [2.45, 2.75) is 121 Å². The van der Waals surface area contributed by atoms with Gasteiger partial charge in [-0.25, -0.2) is 0 Å². The Bertz CT molecular complexity index is 995. The van der Waals surface area contributed by atoms with Gasteiger partial charge in [-0.2, -0.15) is 8.42 Å². The van der Waals surface area contributed by atoms with Gasteiger partial charge in [0.15, 0.2) is 0 Å². The fourth-order valence-corrected chi connectivity index (χ4v) is 5.69. The predicted octanol–water partition coefficient (Wildman–Crippen LogP) is 8.56. The first-order valence-electron chi connectivity index (χ1n) is 14.2. The quantitative estimate of drug-likeness (QED) is 0.154. The van der Waals surface area contributed by atoms with E-state index < -0.39 is 10.1 Å². The smallest absolute Gasteiger partial charge is 0.294 e. The van der Waals surface area contributed by atoms with Gasteiger partial charge in [0.05, 0.1) is 22.4 Å². The van der Waals surface area contributed by atoms with Gasteiger partial charge in [0.1, 0.15) is 0 Å². The summed E-state index contributed by atoms with van der Waals surface area (Å²) in [6, 6.07) is 15.1. The molecular formula is C30H46N2O3S. The molecule has 6 heteroatoms. The molecule has 1 unspecified atom stereocenters. The summed E-state index contributed by atoms with van der Waals surface area (Å²) in [5.41, 5.74) is 2.94. The summed E-state index contributed by atoms with van der Waals surface area (Å²) >= 11 is 0. The van der Waals surface area contributed by atoms with Crippen LogP contribution in [0.15, 0.2) is 53.4 Å². The van der Waals surface area contributed by atoms with Crippen LogP contribution >= 0.6 is 0 Å². The van der Waals surface area contributed by atoms with Crippen LogP contribution in [0, 0.1) is 0 Å². The highest BCUT2D eigenvalue weighted by atomic mass is 32.2. The molecule has 0 fully saturated rings. The average molecular weight is 515 g/mol. The van der Waals surface area contributed by atoms with Crippen molar-refractivity contribution < 1.29 is 13.0 Å². The molecule has 0 saturated carbocycles. The first-order chi connectivity index (χ1) is 17.5. The van der Waals surface area contributed by atoms with Crippen molar-refractivity contribution in [2.75, 3.05) is 10.2 Å². The summed E-state index contributed by atoms with van der Waals surface area (Å²) in [5, 5.41) is 3.58. The number of hydrogen-bond donors (Lipinski definition) is 2. The van der Waals surface area contributed by atoms with E-state index in [1.807, 2.05) is 18.2 Å². The maximum Gasteiger partial charge on any atom is 0.294 e. The van der Waals surface area contributed by atoms with Crippen molar-refractivity contribution in [3.05, 3.63) is 54.1 Å². The average Bonchev–Trinajstić information content (AvgIpc) is 3.20. The third-order valence-corrected chi connectivity index (χ3v) is 8.15. The number of unbranched alkanes of at least 4 members (excludes halogenated alkanes) is 13. The molecule has 2 N–H and O–H groups in total. The highest BCUT2D eigenvalue weighted by Gasteiger charge is 2.29. The van der Waals surface area contributed by atoms with Crippen LogP contribution in [0.3, 0.4) is 0 Å². The maximum absolute atomic E-state index is 11.7. The molecule has 1 heterocycles. The minimum atomic E-state index is -4.24. The van der Waals surface area contributed by atoms with E-state index in [1.165, 1.54) is 95.1 Å². The number of anilines is 2. The Morgan fingerprint density at radius 1 is 0.778 bits per heavy atom. The van der Waals surface area contributed by atoms with Gasteiger partial charge in [-0.1, -0.05) is 121 Å². The highest BCUT2D eigenvalue weighted by Crippen LogP contribution is 2.39. The molecule has 36 heavy (non-hydrogen) atoms. The second-order valence-corrected chi connectivity index (χ2v) is 11.7. The number of benzene rings is 2. The van der Waals surface area contributed by atoms with Crippen LogP contribution in [0.25, 0.3) is 0 Å². The lowest BCUT2D eigenvalue weighted by molar-refractivity contribution is 0.483. The Morgan fingerprint density at radius 3 is 1.89 bits per heavy atom. The molecule has 0 saturated heterocycles. The Morgan fingerprint density at radius 2 is 1.33 bits per heavy atom. The molecule has 0 spiro atoms. The third kappa shape index (κ3) is 9.44. The molecule has 0 amide bonds. The zero-order valence-electron chi connectivity index (χ0n) is 22.1. The first-order valence-corrected chi connectivity index (χ1v) is 15.6. The Kier molecular flexibility index (Phi) is 12.1. The normalized spacial score (nSPS) is 15.2. The Balaban J connectivity index is 1.39. The number of fused-ring (bicyclic) bond motifs is 1. The lowest BCUT2D eigenvalue weighted by Gasteiger charge is -2.27. The molecular weight excluding hydrogens is 468 g/mol. The van der Waals surface area contributed by atoms with Gasteiger partial charge in [-0.3, -0.25) is 4.55 Å². The SMILES string of the molecule is CCCCCCCCCCCCCCCCC1Nc2ccc(S(=O)(=O)O)cc2N1Cc1ccccc1. The number of nitrogens with one attached hydrogen (secondary N) is 1. The van der Waals surface area contributed by atoms with Crippen LogP contribution in [0.2, 0.25) is 0 Å². The molecule has 0 aromatic heterocycles. The zero-order chi connectivity index (χ0) is 25.6. The van der Waals surface area contributed by atoms with Gasteiger partial charge in [-0.05, 0) is 36.6 Å². The van der Waals surface area contributed by atoms with Crippen molar-refractivity contribution in [1.82, 2.24) is 0 Å². The van der Waals surface area contributed by atoms with Crippen LogP contribution < -0.4 is 10.2 Å². The van der Waals surface area contributed by atoms with Crippen molar-refractivity contribution in [3.63, 3.8) is 0 Å². The molecule has 0 aliphatic carbocycles. The summed E-state index contributed by atoms with van der Waals surface area (Å²) in [5.74, 6) is 0. The second kappa shape index (κ2) is 15.3. The van der Waals surface area contributed by atoms with Gasteiger partial charge < -0.3 is 10.2 Å². The minimum absolute atomic E-state index is 0.0572. The van der Waals surface area contributed by atoms with Gasteiger partial charge in [0.25, 0.3) is 10.1 Å². The largest absolute Gasteiger partial charge is 0.363 e. The zero-order valence-corrected chi connectivity index (χ0v) is 22.9. The highest BCUT2D eigenvalue weighted by molar-refractivity contribution is 7.85. The molecule has 3 rings (SSSR count). The molecule has 1 atom stereocenters. The summed E-state index contributed by atoms with van der Waals surface area (Å²) in [6.07, 6.45) is 20.0. The van der Waals surface area contributed by atoms with Gasteiger partial charge in [-0.15, -0.1) is 0 Å². The number of nitrogens with zero attached hydrogens (tertiary/aromatic N) is 1. The van der Waals surface area contributed by atoms with E-state index >= 15 is 0 Å². The molecule has 1 aliphatic rings. The monoisotopic (exact) mass is 514 g/mol. The fraction of sp³-hybridized carbons (Fsp3) is 0.600. The van der Waals surface area contributed by atoms with Crippen molar-refractivity contribution >= 4 is 21.5 Å². The van der Waals surface area contributed by atoms with Crippen molar-refractivity contribution in [3.8, 4) is 0 Å². The maximum atomic E-state index is 11.7. The second-order valence-electron chi connectivity index (χ2n) is 10.3. The number of hydrogen-bond acceptors (Lipinski definition) is 4. The van der Waals surface area contributed by atoms with E-state index in [1.54, 1.807) is 12.1 Å². The Labute approximate surface area is 219 Å². The Hall–Kier alpha value is -2.05. The predicted molar refractivity (Wildman–Crippen MR) is 151 cm³/mol. The molecule has 5 nitrogen and oxygen atoms in total. The van der Waals surface area contributed by atoms with E-state index in [9.17, 15) is 13.0 Å². The van der Waals surface area contributed by atoms with Crippen molar-refractivity contribution in [1.29, 1.82) is 0 Å². The molecule has 0 radical (unpaired) electrons. The first kappa shape index (κ1) is 28.5. The molecule has 2 aromatic rings. The molecule has 200 valence electrons. The summed E-state index contributed by atoms with van der Waals surface area (Å²) < 4.78 is 33.0. The fourth-order valence-electron chi connectivity index (χ4n) is 5.19. The van der Waals surface area contributed by atoms with Gasteiger partial charge in [0, 0.05) is 6.54 Å². The number of rotatable bonds is 18. The van der Waals surface area contributed by atoms with Gasteiger partial charge >= 0.3 is 0 Å². The molecule has 2 aromatic carbocycles. The molecule has 0 bridgehead atoms. The van der Waals surface area contributed by atoms with Crippen LogP contribution in [-0.4, -0.2) is 19.1 Å². The van der Waals surface area contributed by atoms with E-state index in [0.717, 1.165) is 24.2 Å². The van der Waals surface area contributed by atoms with E-state index in [0.29, 0.717) is 6.54 Å². The molecule has 1 aliphatic heterocycles. The van der Waals surface area contributed by atoms with Crippen LogP contribution in [0.4, 0.5) is 11.4 Å². The lowest BCUT2D eigenvalue weighted by Crippen LogP contribution is -2.35. The van der Waals surface area contributed by atoms with Crippen molar-refractivity contribution in [2.24, 2.45) is 0 Å². The standard InChI is InChI=1S/C30H46N2O3S/c1-2-3-4-5-6-7-8-9-10-11-12-13-14-18-21-30-31-28-23-22-27(36(33,34)35)24-29(28)32(30)25-26-19-16-15-17-20-26/h15-17,19-20,22-24,30-31H,2-14,18,21,25H2,1H3,(H,33,34,35). The topological polar surface area (TPSA) is 69.6 Å². The summed E-state index contributed by atoms with van der Waals surface area (Å²) in [6.45, 7) is 2.97. The minimum Gasteiger partial charge on any atom is -0.363 e. The van der Waals surface area contributed by atoms with Gasteiger partial charge in [0.2, 0.25) is 0 Å². The summed E-state index contributed by atoms with van der Waals surface area (Å²) in [4.78, 5) is 2.18. The summed E-state index contributed by atoms with van der Waals surface area (Å²) in [7, 11) is -4.24. The van der Waals surface area contributed by atoms with E-state index in [-0.39, 0.29) is 11.1 Å². The third-order valence-electron chi connectivity index (χ3n) is 7.30. The lowest BCUT2D eigenvalue weighted by atomic mass is 10.0. The van der Waals surface area contributed by atoms with E-state index in [2.05, 4.69) is 29.3 Å².